The van der Waals surface area contributed by atoms with E-state index in [0.29, 0.717) is 13.2 Å². The number of rotatable bonds is 9. The highest BCUT2D eigenvalue weighted by Crippen LogP contribution is 2.14. The zero-order chi connectivity index (χ0) is 18.9. The van der Waals surface area contributed by atoms with Crippen LogP contribution < -0.4 is 15.8 Å². The molecule has 0 aliphatic heterocycles. The number of nitrogens with two attached hydrogens (primary N) is 1. The summed E-state index contributed by atoms with van der Waals surface area (Å²) >= 11 is 0. The summed E-state index contributed by atoms with van der Waals surface area (Å²) in [6, 6.07) is 14.8. The number of nitrogens with one attached hydrogen (secondary N) is 1. The monoisotopic (exact) mass is 355 g/mol. The molecule has 5 nitrogen and oxygen atoms in total. The number of hydrogen-bond donors (Lipinski definition) is 2. The third-order valence-electron chi connectivity index (χ3n) is 4.13. The van der Waals surface area contributed by atoms with E-state index in [9.17, 15) is 4.79 Å². The van der Waals surface area contributed by atoms with Gasteiger partial charge in [-0.15, -0.1) is 0 Å². The van der Waals surface area contributed by atoms with E-state index in [4.69, 9.17) is 10.5 Å². The molecule has 26 heavy (non-hydrogen) atoms. The predicted molar refractivity (Wildman–Crippen MR) is 105 cm³/mol. The second kappa shape index (κ2) is 9.94. The van der Waals surface area contributed by atoms with E-state index in [-0.39, 0.29) is 5.91 Å². The fourth-order valence-corrected chi connectivity index (χ4v) is 2.50. The van der Waals surface area contributed by atoms with Crippen molar-refractivity contribution in [2.75, 3.05) is 27.2 Å². The SMILES string of the molecule is Cc1ccc(C(N)C(=O)NCc2ccc(OCCCN(C)C)cc2)cc1. The summed E-state index contributed by atoms with van der Waals surface area (Å²) in [5.41, 5.74) is 9.00. The molecule has 0 heterocycles. The first-order chi connectivity index (χ1) is 12.5. The smallest absolute Gasteiger partial charge is 0.241 e. The lowest BCUT2D eigenvalue weighted by atomic mass is 10.1. The summed E-state index contributed by atoms with van der Waals surface area (Å²) in [5.74, 6) is 0.660. The molecule has 2 rings (SSSR count). The Balaban J connectivity index is 1.78. The molecule has 5 heteroatoms. The summed E-state index contributed by atoms with van der Waals surface area (Å²) in [5, 5.41) is 2.89. The van der Waals surface area contributed by atoms with Crippen molar-refractivity contribution >= 4 is 5.91 Å². The Hall–Kier alpha value is -2.37. The average molecular weight is 355 g/mol. The molecule has 0 aliphatic carbocycles. The van der Waals surface area contributed by atoms with E-state index in [0.717, 1.165) is 35.4 Å². The fraction of sp³-hybridized carbons (Fsp3) is 0.381. The van der Waals surface area contributed by atoms with Crippen molar-refractivity contribution in [2.24, 2.45) is 5.73 Å². The minimum Gasteiger partial charge on any atom is -0.494 e. The van der Waals surface area contributed by atoms with Gasteiger partial charge in [0.15, 0.2) is 0 Å². The van der Waals surface area contributed by atoms with Crippen LogP contribution in [0.25, 0.3) is 0 Å². The van der Waals surface area contributed by atoms with Crippen LogP contribution in [0.4, 0.5) is 0 Å². The second-order valence-electron chi connectivity index (χ2n) is 6.76. The van der Waals surface area contributed by atoms with Crippen LogP contribution in [0, 0.1) is 6.92 Å². The topological polar surface area (TPSA) is 67.6 Å². The lowest BCUT2D eigenvalue weighted by molar-refractivity contribution is -0.122. The first-order valence-electron chi connectivity index (χ1n) is 8.92. The number of benzene rings is 2. The highest BCUT2D eigenvalue weighted by molar-refractivity contribution is 5.82. The zero-order valence-corrected chi connectivity index (χ0v) is 15.9. The Labute approximate surface area is 156 Å². The van der Waals surface area contributed by atoms with E-state index in [2.05, 4.69) is 10.2 Å². The van der Waals surface area contributed by atoms with Gasteiger partial charge in [-0.05, 0) is 50.7 Å². The molecule has 1 unspecified atom stereocenters. The molecular formula is C21H29N3O2. The number of amides is 1. The molecule has 0 aromatic heterocycles. The molecule has 2 aromatic rings. The van der Waals surface area contributed by atoms with Crippen molar-refractivity contribution in [2.45, 2.75) is 25.9 Å². The van der Waals surface area contributed by atoms with E-state index in [1.807, 2.05) is 69.6 Å². The van der Waals surface area contributed by atoms with Gasteiger partial charge in [0.25, 0.3) is 0 Å². The van der Waals surface area contributed by atoms with Crippen LogP contribution >= 0.6 is 0 Å². The number of aryl methyl sites for hydroxylation is 1. The Bertz CT molecular complexity index is 681. The molecule has 0 radical (unpaired) electrons. The van der Waals surface area contributed by atoms with Crippen LogP contribution in [0.15, 0.2) is 48.5 Å². The lowest BCUT2D eigenvalue weighted by Crippen LogP contribution is -2.33. The maximum absolute atomic E-state index is 12.2. The average Bonchev–Trinajstić information content (AvgIpc) is 2.64. The highest BCUT2D eigenvalue weighted by atomic mass is 16.5. The largest absolute Gasteiger partial charge is 0.494 e. The quantitative estimate of drug-likeness (QED) is 0.679. The molecule has 0 aliphatic rings. The van der Waals surface area contributed by atoms with Crippen LogP contribution in [0.5, 0.6) is 5.75 Å². The van der Waals surface area contributed by atoms with Gasteiger partial charge in [0.2, 0.25) is 5.91 Å². The number of hydrogen-bond acceptors (Lipinski definition) is 4. The molecule has 0 saturated heterocycles. The third kappa shape index (κ3) is 6.50. The number of carbonyl (C=O) groups excluding carboxylic acids is 1. The van der Waals surface area contributed by atoms with Gasteiger partial charge in [-0.2, -0.15) is 0 Å². The van der Waals surface area contributed by atoms with Gasteiger partial charge >= 0.3 is 0 Å². The Morgan fingerprint density at radius 1 is 1.12 bits per heavy atom. The van der Waals surface area contributed by atoms with Crippen LogP contribution in [-0.2, 0) is 11.3 Å². The predicted octanol–water partition coefficient (Wildman–Crippen LogP) is 2.64. The van der Waals surface area contributed by atoms with E-state index >= 15 is 0 Å². The lowest BCUT2D eigenvalue weighted by Gasteiger charge is -2.13. The molecule has 3 N–H and O–H groups in total. The van der Waals surface area contributed by atoms with Crippen LogP contribution in [0.3, 0.4) is 0 Å². The molecule has 1 amide bonds. The first kappa shape index (κ1) is 19.9. The van der Waals surface area contributed by atoms with Gasteiger partial charge in [0, 0.05) is 13.1 Å². The summed E-state index contributed by atoms with van der Waals surface area (Å²) in [6.07, 6.45) is 0.988. The van der Waals surface area contributed by atoms with Crippen molar-refractivity contribution in [3.63, 3.8) is 0 Å². The van der Waals surface area contributed by atoms with Gasteiger partial charge in [-0.1, -0.05) is 42.0 Å². The van der Waals surface area contributed by atoms with Gasteiger partial charge in [0.1, 0.15) is 11.8 Å². The van der Waals surface area contributed by atoms with Crippen LogP contribution in [0.2, 0.25) is 0 Å². The molecule has 0 fully saturated rings. The fourth-order valence-electron chi connectivity index (χ4n) is 2.50. The van der Waals surface area contributed by atoms with Crippen LogP contribution in [-0.4, -0.2) is 38.1 Å². The Morgan fingerprint density at radius 3 is 2.38 bits per heavy atom. The maximum Gasteiger partial charge on any atom is 0.241 e. The minimum atomic E-state index is -0.657. The normalized spacial score (nSPS) is 12.0. The Morgan fingerprint density at radius 2 is 1.77 bits per heavy atom. The van der Waals surface area contributed by atoms with Gasteiger partial charge in [0.05, 0.1) is 6.61 Å². The highest BCUT2D eigenvalue weighted by Gasteiger charge is 2.15. The van der Waals surface area contributed by atoms with Crippen LogP contribution in [0.1, 0.15) is 29.2 Å². The molecular weight excluding hydrogens is 326 g/mol. The third-order valence-corrected chi connectivity index (χ3v) is 4.13. The summed E-state index contributed by atoms with van der Waals surface area (Å²) in [7, 11) is 4.10. The van der Waals surface area contributed by atoms with Crippen molar-refractivity contribution < 1.29 is 9.53 Å². The molecule has 1 atom stereocenters. The summed E-state index contributed by atoms with van der Waals surface area (Å²) in [4.78, 5) is 14.4. The van der Waals surface area contributed by atoms with E-state index in [1.54, 1.807) is 0 Å². The summed E-state index contributed by atoms with van der Waals surface area (Å²) in [6.45, 7) is 4.15. The second-order valence-corrected chi connectivity index (χ2v) is 6.76. The molecule has 2 aromatic carbocycles. The zero-order valence-electron chi connectivity index (χ0n) is 15.9. The standard InChI is InChI=1S/C21H29N3O2/c1-16-5-9-18(10-6-16)20(22)21(25)23-15-17-7-11-19(12-8-17)26-14-4-13-24(2)3/h5-12,20H,4,13-15,22H2,1-3H3,(H,23,25). The number of nitrogens with zero attached hydrogens (tertiary/aromatic N) is 1. The molecule has 0 bridgehead atoms. The first-order valence-corrected chi connectivity index (χ1v) is 8.92. The number of ether oxygens (including phenoxy) is 1. The van der Waals surface area contributed by atoms with E-state index in [1.165, 1.54) is 0 Å². The minimum absolute atomic E-state index is 0.183. The Kier molecular flexibility index (Phi) is 7.63. The van der Waals surface area contributed by atoms with Crippen molar-refractivity contribution in [3.8, 4) is 5.75 Å². The molecule has 0 spiro atoms. The van der Waals surface area contributed by atoms with Crippen molar-refractivity contribution in [3.05, 3.63) is 65.2 Å². The summed E-state index contributed by atoms with van der Waals surface area (Å²) < 4.78 is 5.71. The van der Waals surface area contributed by atoms with Gasteiger partial charge in [-0.25, -0.2) is 0 Å². The van der Waals surface area contributed by atoms with Crippen molar-refractivity contribution in [1.82, 2.24) is 10.2 Å². The van der Waals surface area contributed by atoms with E-state index < -0.39 is 6.04 Å². The number of carbonyl (C=O) groups is 1. The molecule has 140 valence electrons. The van der Waals surface area contributed by atoms with Gasteiger partial charge in [-0.3, -0.25) is 4.79 Å². The maximum atomic E-state index is 12.2. The molecule has 0 saturated carbocycles. The van der Waals surface area contributed by atoms with Gasteiger partial charge < -0.3 is 20.7 Å². The van der Waals surface area contributed by atoms with Crippen molar-refractivity contribution in [1.29, 1.82) is 0 Å².